The molecule has 0 atom stereocenters. The lowest BCUT2D eigenvalue weighted by molar-refractivity contribution is 1.27. The molecule has 18 heavy (non-hydrogen) atoms. The second kappa shape index (κ2) is 5.11. The summed E-state index contributed by atoms with van der Waals surface area (Å²) in [7, 11) is 0. The van der Waals surface area contributed by atoms with Crippen LogP contribution in [0.1, 0.15) is 11.1 Å². The number of benzene rings is 2. The lowest BCUT2D eigenvalue weighted by atomic mass is 10.1. The number of allylic oxidation sites excluding steroid dienone is 3. The van der Waals surface area contributed by atoms with Crippen LogP contribution in [0.2, 0.25) is 0 Å². The van der Waals surface area contributed by atoms with Crippen LogP contribution in [0.3, 0.4) is 0 Å². The zero-order valence-electron chi connectivity index (χ0n) is 9.88. The molecule has 2 aromatic carbocycles. The maximum absolute atomic E-state index is 2.29. The van der Waals surface area contributed by atoms with Gasteiger partial charge in [-0.1, -0.05) is 89.3 Å². The van der Waals surface area contributed by atoms with Crippen LogP contribution in [0.25, 0.3) is 11.1 Å². The Kier molecular flexibility index (Phi) is 3.33. The fraction of sp³-hybridized carbons (Fsp3) is 0.0588. The first-order valence-corrected chi connectivity index (χ1v) is 7.28. The molecule has 0 unspecified atom stereocenters. The first-order chi connectivity index (χ1) is 8.92. The van der Waals surface area contributed by atoms with Crippen LogP contribution in [0.15, 0.2) is 70.8 Å². The van der Waals surface area contributed by atoms with E-state index in [1.807, 2.05) is 0 Å². The second-order valence-electron chi connectivity index (χ2n) is 4.36. The molecular formula is C17H13I. The van der Waals surface area contributed by atoms with Crippen molar-refractivity contribution in [2.45, 2.75) is 0 Å². The Morgan fingerprint density at radius 2 is 1.17 bits per heavy atom. The first kappa shape index (κ1) is 11.7. The molecule has 0 aliphatic heterocycles. The highest BCUT2D eigenvalue weighted by Gasteiger charge is 2.35. The molecule has 1 heteroatoms. The fourth-order valence-corrected chi connectivity index (χ4v) is 2.83. The molecule has 0 N–H and O–H groups in total. The molecule has 0 aromatic heterocycles. The van der Waals surface area contributed by atoms with Crippen molar-refractivity contribution < 1.29 is 0 Å². The molecule has 0 nitrogen and oxygen atoms in total. The molecule has 0 saturated carbocycles. The van der Waals surface area contributed by atoms with Crippen LogP contribution in [0.5, 0.6) is 0 Å². The number of rotatable bonds is 3. The van der Waals surface area contributed by atoms with E-state index in [-0.39, 0.29) is 0 Å². The zero-order chi connectivity index (χ0) is 12.4. The van der Waals surface area contributed by atoms with Gasteiger partial charge in [-0.15, -0.1) is 0 Å². The summed E-state index contributed by atoms with van der Waals surface area (Å²) in [5.74, 6) is 0.492. The van der Waals surface area contributed by atoms with Gasteiger partial charge in [-0.25, -0.2) is 0 Å². The van der Waals surface area contributed by atoms with Gasteiger partial charge in [-0.2, -0.15) is 0 Å². The molecule has 1 aliphatic rings. The molecular weight excluding hydrogens is 331 g/mol. The van der Waals surface area contributed by atoms with E-state index in [1.54, 1.807) is 0 Å². The van der Waals surface area contributed by atoms with Crippen molar-refractivity contribution in [3.05, 3.63) is 81.9 Å². The topological polar surface area (TPSA) is 0 Å². The average molecular weight is 344 g/mol. The molecule has 0 heterocycles. The quantitative estimate of drug-likeness (QED) is 0.674. The van der Waals surface area contributed by atoms with Crippen LogP contribution in [-0.4, -0.2) is 0 Å². The summed E-state index contributed by atoms with van der Waals surface area (Å²) in [6.07, 6.45) is 2.27. The summed E-state index contributed by atoms with van der Waals surface area (Å²) < 4.78 is 2.11. The summed E-state index contributed by atoms with van der Waals surface area (Å²) in [5, 5.41) is 0. The average Bonchev–Trinajstić information content (AvgIpc) is 3.15. The first-order valence-electron chi connectivity index (χ1n) is 6.03. The SMILES string of the molecule is I/C=C\C1C(c2ccccc2)=C1c1ccccc1. The van der Waals surface area contributed by atoms with E-state index in [1.165, 1.54) is 22.3 Å². The van der Waals surface area contributed by atoms with Gasteiger partial charge in [0.05, 0.1) is 0 Å². The zero-order valence-corrected chi connectivity index (χ0v) is 12.0. The van der Waals surface area contributed by atoms with E-state index in [4.69, 9.17) is 0 Å². The Labute approximate surface area is 121 Å². The monoisotopic (exact) mass is 344 g/mol. The van der Waals surface area contributed by atoms with Gasteiger partial charge in [0.1, 0.15) is 0 Å². The van der Waals surface area contributed by atoms with Crippen LogP contribution >= 0.6 is 22.6 Å². The van der Waals surface area contributed by atoms with Crippen molar-refractivity contribution in [2.75, 3.05) is 0 Å². The third-order valence-corrected chi connectivity index (χ3v) is 3.68. The minimum absolute atomic E-state index is 0.492. The predicted molar refractivity (Wildman–Crippen MR) is 86.3 cm³/mol. The smallest absolute Gasteiger partial charge is 0.0295 e. The molecule has 0 saturated heterocycles. The van der Waals surface area contributed by atoms with Crippen molar-refractivity contribution >= 4 is 33.7 Å². The van der Waals surface area contributed by atoms with Crippen molar-refractivity contribution in [3.8, 4) is 0 Å². The molecule has 0 bridgehead atoms. The summed E-state index contributed by atoms with van der Waals surface area (Å²) in [6, 6.07) is 21.3. The molecule has 3 rings (SSSR count). The van der Waals surface area contributed by atoms with Crippen molar-refractivity contribution in [1.29, 1.82) is 0 Å². The minimum Gasteiger partial charge on any atom is -0.0665 e. The molecule has 0 spiro atoms. The Bertz CT molecular complexity index is 545. The van der Waals surface area contributed by atoms with E-state index in [9.17, 15) is 0 Å². The third kappa shape index (κ3) is 2.15. The molecule has 0 amide bonds. The van der Waals surface area contributed by atoms with E-state index in [0.29, 0.717) is 5.92 Å². The Balaban J connectivity index is 2.02. The van der Waals surface area contributed by atoms with Gasteiger partial charge in [0.25, 0.3) is 0 Å². The summed E-state index contributed by atoms with van der Waals surface area (Å²) in [4.78, 5) is 0. The fourth-order valence-electron chi connectivity index (χ4n) is 2.41. The van der Waals surface area contributed by atoms with E-state index >= 15 is 0 Å². The van der Waals surface area contributed by atoms with Gasteiger partial charge < -0.3 is 0 Å². The highest BCUT2D eigenvalue weighted by molar-refractivity contribution is 14.1. The van der Waals surface area contributed by atoms with Gasteiger partial charge in [0.15, 0.2) is 0 Å². The van der Waals surface area contributed by atoms with Gasteiger partial charge in [-0.05, 0) is 26.4 Å². The largest absolute Gasteiger partial charge is 0.0665 e. The van der Waals surface area contributed by atoms with Gasteiger partial charge >= 0.3 is 0 Å². The van der Waals surface area contributed by atoms with Gasteiger partial charge in [0.2, 0.25) is 0 Å². The van der Waals surface area contributed by atoms with Crippen LogP contribution in [0, 0.1) is 5.92 Å². The van der Waals surface area contributed by atoms with Gasteiger partial charge in [-0.3, -0.25) is 0 Å². The van der Waals surface area contributed by atoms with Crippen molar-refractivity contribution in [2.24, 2.45) is 5.92 Å². The van der Waals surface area contributed by atoms with Gasteiger partial charge in [0, 0.05) is 5.92 Å². The van der Waals surface area contributed by atoms with E-state index in [0.717, 1.165) is 0 Å². The highest BCUT2D eigenvalue weighted by atomic mass is 127. The number of hydrogen-bond acceptors (Lipinski definition) is 0. The lowest BCUT2D eigenvalue weighted by Gasteiger charge is -1.94. The van der Waals surface area contributed by atoms with Crippen molar-refractivity contribution in [3.63, 3.8) is 0 Å². The summed E-state index contributed by atoms with van der Waals surface area (Å²) >= 11 is 2.29. The normalized spacial score (nSPS) is 15.4. The Morgan fingerprint density at radius 3 is 1.56 bits per heavy atom. The molecule has 88 valence electrons. The standard InChI is InChI=1S/C17H13I/c18-12-11-15-16(13-7-3-1-4-8-13)17(15)14-9-5-2-6-10-14/h1-12,15H/b12-11-. The number of hydrogen-bond donors (Lipinski definition) is 0. The minimum atomic E-state index is 0.492. The molecule has 1 aliphatic carbocycles. The summed E-state index contributed by atoms with van der Waals surface area (Å²) in [6.45, 7) is 0. The van der Waals surface area contributed by atoms with Crippen LogP contribution < -0.4 is 0 Å². The van der Waals surface area contributed by atoms with Crippen molar-refractivity contribution in [1.82, 2.24) is 0 Å². The summed E-state index contributed by atoms with van der Waals surface area (Å²) in [5.41, 5.74) is 5.62. The number of halogens is 1. The molecule has 0 fully saturated rings. The Morgan fingerprint density at radius 1 is 0.722 bits per heavy atom. The molecule has 0 radical (unpaired) electrons. The van der Waals surface area contributed by atoms with Crippen LogP contribution in [0.4, 0.5) is 0 Å². The molecule has 2 aromatic rings. The van der Waals surface area contributed by atoms with Crippen LogP contribution in [-0.2, 0) is 0 Å². The highest BCUT2D eigenvalue weighted by Crippen LogP contribution is 2.53. The van der Waals surface area contributed by atoms with E-state index in [2.05, 4.69) is 93.4 Å². The maximum atomic E-state index is 2.29. The van der Waals surface area contributed by atoms with E-state index < -0.39 is 0 Å². The Hall–Kier alpha value is -1.35. The lowest BCUT2D eigenvalue weighted by Crippen LogP contribution is -1.78. The maximum Gasteiger partial charge on any atom is 0.0295 e. The third-order valence-electron chi connectivity index (χ3n) is 3.26. The second-order valence-corrected chi connectivity index (χ2v) is 5.07. The predicted octanol–water partition coefficient (Wildman–Crippen LogP) is 5.18.